The van der Waals surface area contributed by atoms with Gasteiger partial charge in [0.25, 0.3) is 0 Å². The standard InChI is InChI=1S/C6H12O4S/c1-3-10-6(7)5(2)4-11(8)9/h5H,3-4H2,1-2H3,(H,8,9)/p-1. The van der Waals surface area contributed by atoms with E-state index >= 15 is 0 Å². The maximum absolute atomic E-state index is 10.8. The normalized spacial score (nSPS) is 15.5. The summed E-state index contributed by atoms with van der Waals surface area (Å²) in [5, 5.41) is 0. The van der Waals surface area contributed by atoms with Gasteiger partial charge in [0.05, 0.1) is 12.5 Å². The van der Waals surface area contributed by atoms with Gasteiger partial charge in [-0.2, -0.15) is 0 Å². The zero-order valence-electron chi connectivity index (χ0n) is 6.53. The molecule has 0 rings (SSSR count). The molecule has 0 bridgehead atoms. The topological polar surface area (TPSA) is 66.4 Å². The maximum Gasteiger partial charge on any atom is 0.309 e. The Morgan fingerprint density at radius 1 is 1.73 bits per heavy atom. The lowest BCUT2D eigenvalue weighted by molar-refractivity contribution is -0.146. The van der Waals surface area contributed by atoms with Crippen molar-refractivity contribution < 1.29 is 18.3 Å². The van der Waals surface area contributed by atoms with Crippen LogP contribution in [0.1, 0.15) is 13.8 Å². The molecule has 2 unspecified atom stereocenters. The van der Waals surface area contributed by atoms with E-state index in [1.54, 1.807) is 6.92 Å². The molecular formula is C6H11O4S-. The molecule has 66 valence electrons. The van der Waals surface area contributed by atoms with Gasteiger partial charge in [0, 0.05) is 5.75 Å². The van der Waals surface area contributed by atoms with Crippen LogP contribution < -0.4 is 0 Å². The first-order valence-corrected chi connectivity index (χ1v) is 4.54. The molecule has 0 aliphatic heterocycles. The van der Waals surface area contributed by atoms with Crippen molar-refractivity contribution in [1.82, 2.24) is 0 Å². The second kappa shape index (κ2) is 5.26. The second-order valence-corrected chi connectivity index (χ2v) is 3.06. The number of esters is 1. The van der Waals surface area contributed by atoms with E-state index in [2.05, 4.69) is 4.74 Å². The molecule has 0 saturated heterocycles. The molecule has 0 N–H and O–H groups in total. The van der Waals surface area contributed by atoms with Crippen molar-refractivity contribution in [3.8, 4) is 0 Å². The van der Waals surface area contributed by atoms with Crippen molar-refractivity contribution in [3.63, 3.8) is 0 Å². The number of carbonyl (C=O) groups excluding carboxylic acids is 1. The lowest BCUT2D eigenvalue weighted by Gasteiger charge is -2.11. The van der Waals surface area contributed by atoms with Crippen molar-refractivity contribution in [3.05, 3.63) is 0 Å². The first-order valence-electron chi connectivity index (χ1n) is 3.30. The van der Waals surface area contributed by atoms with Crippen LogP contribution in [-0.4, -0.2) is 27.1 Å². The summed E-state index contributed by atoms with van der Waals surface area (Å²) in [6.07, 6.45) is 0. The van der Waals surface area contributed by atoms with Crippen molar-refractivity contribution in [1.29, 1.82) is 0 Å². The minimum Gasteiger partial charge on any atom is -0.772 e. The molecule has 0 aromatic heterocycles. The third-order valence-electron chi connectivity index (χ3n) is 1.08. The molecule has 0 aromatic rings. The molecule has 4 nitrogen and oxygen atoms in total. The summed E-state index contributed by atoms with van der Waals surface area (Å²) in [5.41, 5.74) is 0. The molecule has 0 saturated carbocycles. The molecule has 0 spiro atoms. The number of hydrogen-bond donors (Lipinski definition) is 0. The SMILES string of the molecule is CCOC(=O)C(C)CS(=O)[O-]. The number of ether oxygens (including phenoxy) is 1. The molecule has 0 fully saturated rings. The van der Waals surface area contributed by atoms with Gasteiger partial charge in [-0.05, 0) is 6.92 Å². The average molecular weight is 179 g/mol. The first-order chi connectivity index (χ1) is 5.07. The van der Waals surface area contributed by atoms with Gasteiger partial charge in [-0.1, -0.05) is 18.0 Å². The summed E-state index contributed by atoms with van der Waals surface area (Å²) < 4.78 is 24.8. The maximum atomic E-state index is 10.8. The lowest BCUT2D eigenvalue weighted by Crippen LogP contribution is -2.20. The number of hydrogen-bond acceptors (Lipinski definition) is 4. The van der Waals surface area contributed by atoms with Crippen LogP contribution in [0.15, 0.2) is 0 Å². The van der Waals surface area contributed by atoms with Crippen LogP contribution in [0.3, 0.4) is 0 Å². The Morgan fingerprint density at radius 3 is 2.64 bits per heavy atom. The summed E-state index contributed by atoms with van der Waals surface area (Å²) in [5.74, 6) is -1.19. The molecule has 0 heterocycles. The third-order valence-corrected chi connectivity index (χ3v) is 1.85. The zero-order valence-corrected chi connectivity index (χ0v) is 7.35. The molecule has 0 aliphatic carbocycles. The fourth-order valence-electron chi connectivity index (χ4n) is 0.557. The minimum atomic E-state index is -2.17. The Labute approximate surface area is 68.2 Å². The Bertz CT molecular complexity index is 157. The Balaban J connectivity index is 3.73. The molecule has 5 heteroatoms. The summed E-state index contributed by atoms with van der Waals surface area (Å²) in [6, 6.07) is 0. The fraction of sp³-hybridized carbons (Fsp3) is 0.833. The lowest BCUT2D eigenvalue weighted by atomic mass is 10.2. The van der Waals surface area contributed by atoms with Crippen LogP contribution in [0.4, 0.5) is 0 Å². The Morgan fingerprint density at radius 2 is 2.27 bits per heavy atom. The average Bonchev–Trinajstić information content (AvgIpc) is 1.86. The van der Waals surface area contributed by atoms with Gasteiger partial charge >= 0.3 is 5.97 Å². The van der Waals surface area contributed by atoms with Gasteiger partial charge in [0.15, 0.2) is 0 Å². The van der Waals surface area contributed by atoms with Gasteiger partial charge in [-0.3, -0.25) is 9.00 Å². The monoisotopic (exact) mass is 179 g/mol. The molecule has 2 atom stereocenters. The van der Waals surface area contributed by atoms with E-state index in [-0.39, 0.29) is 12.4 Å². The molecule has 0 aliphatic rings. The van der Waals surface area contributed by atoms with E-state index in [1.165, 1.54) is 6.92 Å². The highest BCUT2D eigenvalue weighted by atomic mass is 32.2. The van der Waals surface area contributed by atoms with Crippen molar-refractivity contribution in [2.45, 2.75) is 13.8 Å². The molecule has 11 heavy (non-hydrogen) atoms. The van der Waals surface area contributed by atoms with Crippen molar-refractivity contribution in [2.75, 3.05) is 12.4 Å². The van der Waals surface area contributed by atoms with Gasteiger partial charge in [-0.25, -0.2) is 0 Å². The van der Waals surface area contributed by atoms with E-state index in [0.717, 1.165) is 0 Å². The van der Waals surface area contributed by atoms with Crippen LogP contribution in [0.2, 0.25) is 0 Å². The quantitative estimate of drug-likeness (QED) is 0.452. The van der Waals surface area contributed by atoms with Crippen molar-refractivity contribution in [2.24, 2.45) is 5.92 Å². The molecule has 0 aromatic carbocycles. The highest BCUT2D eigenvalue weighted by Crippen LogP contribution is 1.99. The van der Waals surface area contributed by atoms with Crippen LogP contribution in [0.25, 0.3) is 0 Å². The zero-order chi connectivity index (χ0) is 8.85. The largest absolute Gasteiger partial charge is 0.772 e. The predicted octanol–water partition coefficient (Wildman–Crippen LogP) is 0.0647. The second-order valence-electron chi connectivity index (χ2n) is 2.12. The molecule has 0 amide bonds. The minimum absolute atomic E-state index is 0.168. The van der Waals surface area contributed by atoms with E-state index < -0.39 is 23.0 Å². The predicted molar refractivity (Wildman–Crippen MR) is 39.6 cm³/mol. The summed E-state index contributed by atoms with van der Waals surface area (Å²) in [4.78, 5) is 10.8. The molecule has 0 radical (unpaired) electrons. The van der Waals surface area contributed by atoms with Gasteiger partial charge < -0.3 is 9.29 Å². The highest BCUT2D eigenvalue weighted by molar-refractivity contribution is 7.79. The van der Waals surface area contributed by atoms with Crippen molar-refractivity contribution >= 4 is 17.0 Å². The summed E-state index contributed by atoms with van der Waals surface area (Å²) in [7, 11) is 0. The van der Waals surface area contributed by atoms with Crippen LogP contribution in [-0.2, 0) is 20.6 Å². The summed E-state index contributed by atoms with van der Waals surface area (Å²) in [6.45, 7) is 3.49. The molecular weight excluding hydrogens is 168 g/mol. The third kappa shape index (κ3) is 4.92. The Hall–Kier alpha value is -0.420. The van der Waals surface area contributed by atoms with Crippen LogP contribution in [0, 0.1) is 5.92 Å². The smallest absolute Gasteiger partial charge is 0.309 e. The van der Waals surface area contributed by atoms with E-state index in [4.69, 9.17) is 0 Å². The summed E-state index contributed by atoms with van der Waals surface area (Å²) >= 11 is -2.17. The highest BCUT2D eigenvalue weighted by Gasteiger charge is 2.13. The Kier molecular flexibility index (Phi) is 5.06. The fourth-order valence-corrected chi connectivity index (χ4v) is 1.10. The number of carbonyl (C=O) groups is 1. The van der Waals surface area contributed by atoms with E-state index in [0.29, 0.717) is 0 Å². The van der Waals surface area contributed by atoms with E-state index in [1.807, 2.05) is 0 Å². The van der Waals surface area contributed by atoms with Crippen LogP contribution in [0.5, 0.6) is 0 Å². The van der Waals surface area contributed by atoms with Gasteiger partial charge in [-0.15, -0.1) is 0 Å². The van der Waals surface area contributed by atoms with Gasteiger partial charge in [0.1, 0.15) is 0 Å². The van der Waals surface area contributed by atoms with Crippen LogP contribution >= 0.6 is 0 Å². The van der Waals surface area contributed by atoms with E-state index in [9.17, 15) is 13.6 Å². The number of rotatable bonds is 4. The first kappa shape index (κ1) is 10.6. The van der Waals surface area contributed by atoms with Gasteiger partial charge in [0.2, 0.25) is 0 Å².